The Labute approximate surface area is 687 Å². The van der Waals surface area contributed by atoms with Gasteiger partial charge in [-0.25, -0.2) is 43.9 Å². The minimum Gasteiger partial charge on any atom is -0.399 e. The van der Waals surface area contributed by atoms with E-state index in [1.54, 1.807) is 6.08 Å². The zero-order valence-electron chi connectivity index (χ0n) is 66.8. The molecule has 3 fully saturated rings. The number of nitriles is 1. The highest BCUT2D eigenvalue weighted by Crippen LogP contribution is 2.45. The van der Waals surface area contributed by atoms with Gasteiger partial charge in [0.2, 0.25) is 5.75 Å². The van der Waals surface area contributed by atoms with E-state index in [2.05, 4.69) is 147 Å². The van der Waals surface area contributed by atoms with E-state index >= 15 is 0 Å². The maximum absolute atomic E-state index is 14.8. The number of rotatable bonds is 26. The van der Waals surface area contributed by atoms with Crippen LogP contribution in [-0.2, 0) is 19.0 Å². The minimum absolute atomic E-state index is 0.0791. The molecule has 0 aliphatic heterocycles. The maximum Gasteiger partial charge on any atom is 0.573 e. The molecule has 0 spiro atoms. The predicted molar refractivity (Wildman–Crippen MR) is 446 cm³/mol. The fraction of sp³-hybridized carbons (Fsp3) is 0.320. The Bertz CT molecular complexity index is 5060. The molecule has 3 saturated carbocycles. The van der Waals surface area contributed by atoms with Crippen LogP contribution in [0.15, 0.2) is 194 Å². The van der Waals surface area contributed by atoms with Crippen LogP contribution >= 0.6 is 0 Å². The summed E-state index contributed by atoms with van der Waals surface area (Å²) < 4.78 is 223. The Morgan fingerprint density at radius 1 is 0.445 bits per heavy atom. The van der Waals surface area contributed by atoms with Gasteiger partial charge in [0.15, 0.2) is 11.6 Å². The largest absolute Gasteiger partial charge is 0.573 e. The number of hydrogen-bond donors (Lipinski definition) is 0. The quantitative estimate of drug-likeness (QED) is 0.0178. The summed E-state index contributed by atoms with van der Waals surface area (Å²) in [6, 6.07) is 36.7. The highest BCUT2D eigenvalue weighted by atomic mass is 19.4. The smallest absolute Gasteiger partial charge is 0.399 e. The molecule has 19 heteroatoms. The number of nitrogens with zero attached hydrogens (tertiary/aromatic N) is 2. The maximum atomic E-state index is 14.8. The van der Waals surface area contributed by atoms with Gasteiger partial charge in [-0.15, -0.1) is 13.2 Å². The second kappa shape index (κ2) is 42.8. The van der Waals surface area contributed by atoms with E-state index in [-0.39, 0.29) is 34.4 Å². The summed E-state index contributed by atoms with van der Waals surface area (Å²) in [5.41, 5.74) is 5.16. The van der Waals surface area contributed by atoms with Crippen molar-refractivity contribution >= 4 is 42.8 Å². The summed E-state index contributed by atoms with van der Waals surface area (Å²) in [4.78, 5) is 4.38. The van der Waals surface area contributed by atoms with Crippen LogP contribution in [0.25, 0.3) is 63.8 Å². The molecule has 119 heavy (non-hydrogen) atoms. The molecule has 624 valence electrons. The van der Waals surface area contributed by atoms with E-state index < -0.39 is 104 Å². The zero-order chi connectivity index (χ0) is 85.5. The normalized spacial score (nSPS) is 17.8. The number of unbranched alkanes of at least 4 members (excludes halogenated alkanes) is 4. The van der Waals surface area contributed by atoms with Gasteiger partial charge in [0.1, 0.15) is 52.6 Å². The number of benzene rings is 9. The van der Waals surface area contributed by atoms with Crippen molar-refractivity contribution in [3.05, 3.63) is 314 Å². The Hall–Kier alpha value is -10.7. The molecule has 3 aliphatic rings. The van der Waals surface area contributed by atoms with Gasteiger partial charge in [-0.2, -0.15) is 18.4 Å². The average Bonchev–Trinajstić information content (AvgIpc) is 0.791. The van der Waals surface area contributed by atoms with Gasteiger partial charge in [-0.3, -0.25) is 4.99 Å². The molecule has 12 rings (SSSR count). The number of ether oxygens (including phenoxy) is 1. The van der Waals surface area contributed by atoms with E-state index in [9.17, 15) is 75.5 Å². The first-order chi connectivity index (χ1) is 57.1. The Morgan fingerprint density at radius 2 is 0.941 bits per heavy atom. The summed E-state index contributed by atoms with van der Waals surface area (Å²) in [5, 5.41) is 9.92. The number of aryl methyl sites for hydroxylation is 1. The van der Waals surface area contributed by atoms with Crippen molar-refractivity contribution in [3.63, 3.8) is 0 Å². The van der Waals surface area contributed by atoms with E-state index in [0.717, 1.165) is 141 Å². The fourth-order valence-corrected chi connectivity index (χ4v) is 15.9. The number of alkyl halides is 6. The topological polar surface area (TPSA) is 45.4 Å². The third-order valence-electron chi connectivity index (χ3n) is 22.4. The second-order valence-electron chi connectivity index (χ2n) is 30.8. The van der Waals surface area contributed by atoms with Crippen LogP contribution in [-0.4, -0.2) is 13.1 Å². The highest BCUT2D eigenvalue weighted by molar-refractivity contribution is 5.76. The van der Waals surface area contributed by atoms with Gasteiger partial charge in [0.25, 0.3) is 0 Å². The van der Waals surface area contributed by atoms with Crippen LogP contribution in [0.5, 0.6) is 5.75 Å². The first kappa shape index (κ1) is 90.6. The molecule has 0 saturated heterocycles. The van der Waals surface area contributed by atoms with Crippen LogP contribution in [0.4, 0.5) is 75.9 Å². The molecule has 9 aromatic carbocycles. The molecular formula is C100H96F16N2O. The number of hydrogen-bond acceptors (Lipinski definition) is 3. The molecule has 0 atom stereocenters. The molecule has 0 heterocycles. The van der Waals surface area contributed by atoms with Gasteiger partial charge in [0, 0.05) is 11.1 Å². The summed E-state index contributed by atoms with van der Waals surface area (Å²) in [5.74, 6) is -11.3. The van der Waals surface area contributed by atoms with Crippen molar-refractivity contribution in [2.24, 2.45) is 22.7 Å². The number of aliphatic imine (C=N–C) groups is 1. The summed E-state index contributed by atoms with van der Waals surface area (Å²) in [7, 11) is 0. The summed E-state index contributed by atoms with van der Waals surface area (Å²) in [6.45, 7) is 14.0. The monoisotopic (exact) mass is 1640 g/mol. The summed E-state index contributed by atoms with van der Waals surface area (Å²) >= 11 is 0. The lowest BCUT2D eigenvalue weighted by atomic mass is 9.75. The molecule has 0 radical (unpaired) electrons. The standard InChI is InChI=1S/C38H50N2.C33H32F6.C29H14F10O/c1-4-6-8-10-29-14-20-32(21-15-29)33-22-16-30(17-23-33)12-13-31-18-24-35(25-19-31)36-27-26-34(11-9-7-5-2)37(28-39)38(36)40-3;1-2-3-4-5-6-22-9-13-25(14-10-22)26-15-11-23(12-16-26)7-8-24-19-30(35)32(31(36)20-24)27-17-18-28(29(34)21-27)33(37,38)39;1-2-14-3-5-18(20(30)7-14)16-10-21(31)19(22(32)11-16)6-4-15-8-23(33)27(24(34)9-15)17-12-25(35)28(26(36)13-17)40-29(37,38)39/h8,10,12-15,20-21,26-27,30-31,33,35H,3-7,9,11,16-19,22-25H2,1-2H3;4-5,7-10,13-14,17-21,23,26H,2-3,6,11-12,15-16H2,1H3;2-13H,1H2/b10-8+,13-12+;5-4+,8-7+;6-4+. The molecule has 0 amide bonds. The fourth-order valence-electron chi connectivity index (χ4n) is 15.9. The minimum atomic E-state index is -5.42. The van der Waals surface area contributed by atoms with E-state index in [1.165, 1.54) is 117 Å². The van der Waals surface area contributed by atoms with Crippen LogP contribution in [0.3, 0.4) is 0 Å². The highest BCUT2D eigenvalue weighted by Gasteiger charge is 2.36. The van der Waals surface area contributed by atoms with Crippen LogP contribution in [0, 0.1) is 87.3 Å². The Kier molecular flexibility index (Phi) is 32.6. The van der Waals surface area contributed by atoms with Gasteiger partial charge >= 0.3 is 12.5 Å². The lowest BCUT2D eigenvalue weighted by Gasteiger charge is -2.30. The first-order valence-electron chi connectivity index (χ1n) is 40.7. The lowest BCUT2D eigenvalue weighted by molar-refractivity contribution is -0.276. The number of halogens is 16. The van der Waals surface area contributed by atoms with Crippen molar-refractivity contribution in [1.29, 1.82) is 5.26 Å². The van der Waals surface area contributed by atoms with Crippen molar-refractivity contribution < 1.29 is 75.0 Å². The molecule has 3 nitrogen and oxygen atoms in total. The Morgan fingerprint density at radius 3 is 1.45 bits per heavy atom. The van der Waals surface area contributed by atoms with Gasteiger partial charge in [-0.1, -0.05) is 193 Å². The van der Waals surface area contributed by atoms with E-state index in [1.807, 2.05) is 6.08 Å². The van der Waals surface area contributed by atoms with Crippen molar-refractivity contribution in [2.45, 2.75) is 186 Å². The van der Waals surface area contributed by atoms with Gasteiger partial charge in [-0.05, 0) is 291 Å². The molecule has 0 N–H and O–H groups in total. The second-order valence-corrected chi connectivity index (χ2v) is 30.8. The molecule has 9 aromatic rings. The van der Waals surface area contributed by atoms with E-state index in [0.29, 0.717) is 59.1 Å². The predicted octanol–water partition coefficient (Wildman–Crippen LogP) is 31.6. The first-order valence-corrected chi connectivity index (χ1v) is 40.7. The van der Waals surface area contributed by atoms with E-state index in [4.69, 9.17) is 0 Å². The molecular weight excluding hydrogens is 1550 g/mol. The molecule has 3 aliphatic carbocycles. The van der Waals surface area contributed by atoms with Crippen molar-refractivity contribution in [1.82, 2.24) is 0 Å². The molecule has 0 aromatic heterocycles. The van der Waals surface area contributed by atoms with Crippen LogP contribution < -0.4 is 4.74 Å². The zero-order valence-corrected chi connectivity index (χ0v) is 66.8. The van der Waals surface area contributed by atoms with Crippen LogP contribution in [0.2, 0.25) is 0 Å². The summed E-state index contributed by atoms with van der Waals surface area (Å²) in [6.07, 6.45) is 34.7. The third kappa shape index (κ3) is 24.9. The number of allylic oxidation sites excluding steroid dienone is 6. The van der Waals surface area contributed by atoms with Gasteiger partial charge in [0.05, 0.1) is 27.9 Å². The average molecular weight is 1650 g/mol. The van der Waals surface area contributed by atoms with Crippen molar-refractivity contribution in [3.8, 4) is 45.2 Å². The SMILES string of the molecule is C=Cc1ccc(-c2cc(F)c(/C=C/c3cc(F)c(-c4cc(F)c(OC(F)(F)F)c(F)c4)c(F)c3)c(F)c2)c(F)c1.C=Nc1c(C2CCC(/C=C/C3CCC(c4ccc(/C=C/CCC)cc4)CC3)CC2)ccc(CCCCC)c1C#N.CCC/C=C/Cc1ccc(C2CCC(/C=C/c3cc(F)c(-c4ccc(C(F)(F)F)c(F)c4)c(F)c3)CC2)cc1. The molecule has 0 bridgehead atoms. The molecule has 0 unspecified atom stereocenters. The third-order valence-corrected chi connectivity index (χ3v) is 22.4. The van der Waals surface area contributed by atoms with Gasteiger partial charge < -0.3 is 4.74 Å². The Balaban J connectivity index is 0.000000188. The lowest BCUT2D eigenvalue weighted by Crippen LogP contribution is -2.19. The van der Waals surface area contributed by atoms with Crippen molar-refractivity contribution in [2.75, 3.05) is 0 Å². The van der Waals surface area contributed by atoms with Crippen LogP contribution in [0.1, 0.15) is 227 Å².